The lowest BCUT2D eigenvalue weighted by Crippen LogP contribution is -2.54. The summed E-state index contributed by atoms with van der Waals surface area (Å²) in [5.41, 5.74) is 1.40. The fraction of sp³-hybridized carbons (Fsp3) is 0.350. The van der Waals surface area contributed by atoms with E-state index < -0.39 is 20.5 Å². The van der Waals surface area contributed by atoms with E-state index in [1.165, 1.54) is 0 Å². The molecule has 27 heavy (non-hydrogen) atoms. The second-order valence-corrected chi connectivity index (χ2v) is 9.21. The van der Waals surface area contributed by atoms with E-state index in [4.69, 9.17) is 9.47 Å². The Labute approximate surface area is 158 Å². The van der Waals surface area contributed by atoms with Gasteiger partial charge in [-0.25, -0.2) is 8.42 Å². The highest BCUT2D eigenvalue weighted by molar-refractivity contribution is 7.93. The summed E-state index contributed by atoms with van der Waals surface area (Å²) in [5.74, 6) is 0.472. The lowest BCUT2D eigenvalue weighted by molar-refractivity contribution is -0.120. The SMILES string of the molecule is Cc1ccc(S(=O)(=O)C2(C(=O)Nc3cccc4c3OCCO4)CCC2)cc1. The van der Waals surface area contributed by atoms with Crippen LogP contribution >= 0.6 is 0 Å². The second-order valence-electron chi connectivity index (χ2n) is 6.95. The van der Waals surface area contributed by atoms with Crippen LogP contribution in [0.1, 0.15) is 24.8 Å². The molecule has 7 heteroatoms. The fourth-order valence-corrected chi connectivity index (χ4v) is 5.53. The Morgan fingerprint density at radius 2 is 1.74 bits per heavy atom. The van der Waals surface area contributed by atoms with E-state index in [1.807, 2.05) is 6.92 Å². The summed E-state index contributed by atoms with van der Waals surface area (Å²) in [6.45, 7) is 2.71. The molecule has 0 bridgehead atoms. The predicted molar refractivity (Wildman–Crippen MR) is 101 cm³/mol. The molecule has 1 fully saturated rings. The highest BCUT2D eigenvalue weighted by atomic mass is 32.2. The molecule has 142 valence electrons. The first-order valence-corrected chi connectivity index (χ1v) is 10.4. The normalized spacial score (nSPS) is 17.7. The number of carbonyl (C=O) groups is 1. The molecule has 1 aliphatic carbocycles. The van der Waals surface area contributed by atoms with Crippen molar-refractivity contribution in [2.45, 2.75) is 35.8 Å². The van der Waals surface area contributed by atoms with Crippen LogP contribution in [0.25, 0.3) is 0 Å². The number of fused-ring (bicyclic) bond motifs is 1. The zero-order valence-electron chi connectivity index (χ0n) is 15.0. The van der Waals surface area contributed by atoms with E-state index in [1.54, 1.807) is 42.5 Å². The standard InChI is InChI=1S/C20H21NO5S/c1-14-6-8-15(9-7-14)27(23,24)20(10-3-11-20)19(22)21-16-4-2-5-17-18(16)26-13-12-25-17/h2,4-9H,3,10-13H2,1H3,(H,21,22). The van der Waals surface area contributed by atoms with Crippen LogP contribution in [0.5, 0.6) is 11.5 Å². The van der Waals surface area contributed by atoms with Crippen molar-refractivity contribution >= 4 is 21.4 Å². The van der Waals surface area contributed by atoms with Gasteiger partial charge in [-0.3, -0.25) is 4.79 Å². The van der Waals surface area contributed by atoms with Crippen LogP contribution in [-0.2, 0) is 14.6 Å². The van der Waals surface area contributed by atoms with Gasteiger partial charge in [0, 0.05) is 0 Å². The topological polar surface area (TPSA) is 81.7 Å². The van der Waals surface area contributed by atoms with Gasteiger partial charge in [-0.15, -0.1) is 0 Å². The second kappa shape index (κ2) is 6.56. The Morgan fingerprint density at radius 3 is 2.41 bits per heavy atom. The number of sulfone groups is 1. The third-order valence-electron chi connectivity index (χ3n) is 5.24. The number of ether oxygens (including phenoxy) is 2. The van der Waals surface area contributed by atoms with Crippen molar-refractivity contribution in [2.75, 3.05) is 18.5 Å². The van der Waals surface area contributed by atoms with Crippen molar-refractivity contribution in [3.63, 3.8) is 0 Å². The first kappa shape index (κ1) is 17.9. The Bertz CT molecular complexity index is 978. The Balaban J connectivity index is 1.67. The van der Waals surface area contributed by atoms with Crippen LogP contribution in [0.4, 0.5) is 5.69 Å². The minimum Gasteiger partial charge on any atom is -0.486 e. The number of amides is 1. The van der Waals surface area contributed by atoms with Gasteiger partial charge in [-0.2, -0.15) is 0 Å². The minimum atomic E-state index is -3.81. The van der Waals surface area contributed by atoms with Crippen LogP contribution < -0.4 is 14.8 Å². The van der Waals surface area contributed by atoms with Gasteiger partial charge >= 0.3 is 0 Å². The predicted octanol–water partition coefficient (Wildman–Crippen LogP) is 3.10. The maximum atomic E-state index is 13.3. The third kappa shape index (κ3) is 2.86. The minimum absolute atomic E-state index is 0.178. The first-order chi connectivity index (χ1) is 12.9. The molecule has 1 aliphatic heterocycles. The number of nitrogens with one attached hydrogen (secondary N) is 1. The Hall–Kier alpha value is -2.54. The molecule has 0 spiro atoms. The monoisotopic (exact) mass is 387 g/mol. The summed E-state index contributed by atoms with van der Waals surface area (Å²) in [5, 5.41) is 2.78. The average molecular weight is 387 g/mol. The number of carbonyl (C=O) groups excluding carboxylic acids is 1. The number of hydrogen-bond acceptors (Lipinski definition) is 5. The third-order valence-corrected chi connectivity index (χ3v) is 7.75. The van der Waals surface area contributed by atoms with Crippen LogP contribution in [-0.4, -0.2) is 32.3 Å². The lowest BCUT2D eigenvalue weighted by Gasteiger charge is -2.39. The van der Waals surface area contributed by atoms with Crippen molar-refractivity contribution in [3.05, 3.63) is 48.0 Å². The van der Waals surface area contributed by atoms with Crippen molar-refractivity contribution in [1.82, 2.24) is 0 Å². The van der Waals surface area contributed by atoms with E-state index in [9.17, 15) is 13.2 Å². The van der Waals surface area contributed by atoms with Crippen molar-refractivity contribution in [3.8, 4) is 11.5 Å². The van der Waals surface area contributed by atoms with Gasteiger partial charge in [0.25, 0.3) is 0 Å². The van der Waals surface area contributed by atoms with Crippen molar-refractivity contribution < 1.29 is 22.7 Å². The molecule has 0 aromatic heterocycles. The quantitative estimate of drug-likeness (QED) is 0.872. The molecule has 4 rings (SSSR count). The molecule has 2 aromatic carbocycles. The van der Waals surface area contributed by atoms with E-state index in [2.05, 4.69) is 5.32 Å². The highest BCUT2D eigenvalue weighted by Gasteiger charge is 2.55. The van der Waals surface area contributed by atoms with E-state index in [-0.39, 0.29) is 4.90 Å². The Kier molecular flexibility index (Phi) is 4.34. The highest BCUT2D eigenvalue weighted by Crippen LogP contribution is 2.45. The summed E-state index contributed by atoms with van der Waals surface area (Å²) in [6, 6.07) is 11.8. The number of rotatable bonds is 4. The van der Waals surface area contributed by atoms with Crippen LogP contribution in [0, 0.1) is 6.92 Å². The molecular weight excluding hydrogens is 366 g/mol. The molecule has 0 radical (unpaired) electrons. The van der Waals surface area contributed by atoms with Crippen molar-refractivity contribution in [1.29, 1.82) is 0 Å². The van der Waals surface area contributed by atoms with Gasteiger partial charge in [0.15, 0.2) is 26.1 Å². The average Bonchev–Trinajstić information content (AvgIpc) is 2.61. The number of anilines is 1. The summed E-state index contributed by atoms with van der Waals surface area (Å²) in [6.07, 6.45) is 1.31. The molecule has 1 amide bonds. The van der Waals surface area contributed by atoms with Crippen LogP contribution in [0.15, 0.2) is 47.4 Å². The summed E-state index contributed by atoms with van der Waals surface area (Å²) >= 11 is 0. The number of para-hydroxylation sites is 1. The molecule has 6 nitrogen and oxygen atoms in total. The molecule has 2 aliphatic rings. The summed E-state index contributed by atoms with van der Waals surface area (Å²) in [7, 11) is -3.81. The molecule has 1 N–H and O–H groups in total. The number of benzene rings is 2. The van der Waals surface area contributed by atoms with Gasteiger partial charge in [-0.1, -0.05) is 23.8 Å². The van der Waals surface area contributed by atoms with Crippen LogP contribution in [0.2, 0.25) is 0 Å². The molecule has 0 saturated heterocycles. The Morgan fingerprint density at radius 1 is 1.04 bits per heavy atom. The fourth-order valence-electron chi connectivity index (χ4n) is 3.47. The molecule has 0 atom stereocenters. The van der Waals surface area contributed by atoms with E-state index >= 15 is 0 Å². The smallest absolute Gasteiger partial charge is 0.246 e. The van der Waals surface area contributed by atoms with Crippen LogP contribution in [0.3, 0.4) is 0 Å². The maximum Gasteiger partial charge on any atom is 0.246 e. The molecular formula is C20H21NO5S. The first-order valence-electron chi connectivity index (χ1n) is 8.95. The zero-order valence-corrected chi connectivity index (χ0v) is 15.8. The molecule has 2 aromatic rings. The van der Waals surface area contributed by atoms with E-state index in [0.717, 1.165) is 5.56 Å². The molecule has 1 heterocycles. The van der Waals surface area contributed by atoms with Gasteiger partial charge in [0.2, 0.25) is 5.91 Å². The largest absolute Gasteiger partial charge is 0.486 e. The number of hydrogen-bond donors (Lipinski definition) is 1. The lowest BCUT2D eigenvalue weighted by atomic mass is 9.83. The number of aryl methyl sites for hydroxylation is 1. The zero-order chi connectivity index (χ0) is 19.1. The van der Waals surface area contributed by atoms with E-state index in [0.29, 0.717) is 49.7 Å². The van der Waals surface area contributed by atoms with Gasteiger partial charge < -0.3 is 14.8 Å². The molecule has 0 unspecified atom stereocenters. The molecule has 1 saturated carbocycles. The van der Waals surface area contributed by atoms with Gasteiger partial charge in [0.1, 0.15) is 13.2 Å². The van der Waals surface area contributed by atoms with Gasteiger partial charge in [0.05, 0.1) is 10.6 Å². The summed E-state index contributed by atoms with van der Waals surface area (Å²) < 4.78 is 36.2. The maximum absolute atomic E-state index is 13.3. The van der Waals surface area contributed by atoms with Gasteiger partial charge in [-0.05, 0) is 50.5 Å². The van der Waals surface area contributed by atoms with Crippen molar-refractivity contribution in [2.24, 2.45) is 0 Å². The summed E-state index contributed by atoms with van der Waals surface area (Å²) in [4.78, 5) is 13.3.